The Kier molecular flexibility index (Phi) is 14.2. The van der Waals surface area contributed by atoms with Crippen molar-refractivity contribution in [3.8, 4) is 5.75 Å². The molecule has 0 aliphatic heterocycles. The van der Waals surface area contributed by atoms with E-state index in [0.717, 1.165) is 18.2 Å². The third kappa shape index (κ3) is 9.38. The summed E-state index contributed by atoms with van der Waals surface area (Å²) >= 11 is 11.6. The van der Waals surface area contributed by atoms with Crippen molar-refractivity contribution in [1.82, 2.24) is 15.0 Å². The number of azo groups is 1. The van der Waals surface area contributed by atoms with Crippen LogP contribution < -0.4 is 94.0 Å². The number of halogens is 2. The summed E-state index contributed by atoms with van der Waals surface area (Å²) in [7, 11) is -15.5. The number of aromatic nitrogens is 3. The van der Waals surface area contributed by atoms with Gasteiger partial charge in [0, 0.05) is 16.2 Å². The Morgan fingerprint density at radius 2 is 1.28 bits per heavy atom. The zero-order valence-corrected chi connectivity index (χ0v) is 34.0. The maximum Gasteiger partial charge on any atom is 1.00 e. The van der Waals surface area contributed by atoms with Gasteiger partial charge in [-0.1, -0.05) is 24.3 Å². The van der Waals surface area contributed by atoms with E-state index < -0.39 is 78.1 Å². The Hall–Kier alpha value is -1.08. The minimum atomic E-state index is -5.45. The second kappa shape index (κ2) is 15.9. The predicted octanol–water partition coefficient (Wildman–Crippen LogP) is -4.93. The standard InChI is InChI=1S/C23H14Cl2N6O10S3.3Na/c24-21-27-22(25)29-23(28-21)26-15-9-11(42(33,34)35)7-10-8-17(44(39,40)41)19(20(32)18(10)15)31-30-14-5-6-16(43(36,37)38)13-4-2-1-3-12(13)14;;;/h1-9,32H,(H,33,34,35)(H,36,37,38)(H,39,40,41)(H,26,27,28,29);;;/q;3*+1/p-3. The molecule has 0 bridgehead atoms. The van der Waals surface area contributed by atoms with Crippen molar-refractivity contribution in [2.24, 2.45) is 10.2 Å². The molecule has 0 saturated carbocycles. The summed E-state index contributed by atoms with van der Waals surface area (Å²) < 4.78 is 107. The Bertz CT molecular complexity index is 2390. The van der Waals surface area contributed by atoms with E-state index in [4.69, 9.17) is 23.2 Å². The SMILES string of the molecule is O=S(=O)([O-])c1cc(Nc2nc(Cl)nc(Cl)n2)c2c(O)c(N=Nc3ccc(S(=O)(=O)[O-])c4ccccc34)c(S(=O)(=O)[O-])cc2c1.[Na+].[Na+].[Na+]. The second-order valence-electron chi connectivity index (χ2n) is 8.65. The van der Waals surface area contributed by atoms with Gasteiger partial charge < -0.3 is 24.1 Å². The van der Waals surface area contributed by atoms with Crippen LogP contribution in [0.4, 0.5) is 23.0 Å². The molecule has 24 heteroatoms. The van der Waals surface area contributed by atoms with Crippen molar-refractivity contribution in [3.63, 3.8) is 0 Å². The Balaban J connectivity index is 0.00000256. The van der Waals surface area contributed by atoms with Gasteiger partial charge in [-0.15, -0.1) is 10.2 Å². The summed E-state index contributed by atoms with van der Waals surface area (Å²) in [6.45, 7) is 0. The van der Waals surface area contributed by atoms with E-state index in [-0.39, 0.29) is 116 Å². The van der Waals surface area contributed by atoms with E-state index in [2.05, 4.69) is 30.5 Å². The molecule has 0 amide bonds. The Morgan fingerprint density at radius 1 is 0.702 bits per heavy atom. The van der Waals surface area contributed by atoms with Crippen molar-refractivity contribution in [3.05, 3.63) is 65.2 Å². The number of hydrogen-bond donors (Lipinski definition) is 2. The average molecular weight is 767 g/mol. The number of hydrogen-bond acceptors (Lipinski definition) is 16. The molecule has 0 saturated heterocycles. The van der Waals surface area contributed by atoms with E-state index in [1.807, 2.05) is 0 Å². The number of fused-ring (bicyclic) bond motifs is 2. The molecule has 0 aliphatic rings. The molecular formula is C23H11Cl2N6Na3O10S3. The molecule has 1 heterocycles. The quantitative estimate of drug-likeness (QED) is 0.0893. The van der Waals surface area contributed by atoms with Crippen LogP contribution in [0, 0.1) is 0 Å². The first kappa shape index (κ1) is 42.1. The van der Waals surface area contributed by atoms with Crippen LogP contribution in [0.15, 0.2) is 79.5 Å². The van der Waals surface area contributed by atoms with Crippen LogP contribution in [-0.4, -0.2) is 59.0 Å². The minimum Gasteiger partial charge on any atom is -0.744 e. The fourth-order valence-electron chi connectivity index (χ4n) is 4.16. The smallest absolute Gasteiger partial charge is 0.744 e. The molecule has 5 aromatic rings. The maximum atomic E-state index is 12.2. The summed E-state index contributed by atoms with van der Waals surface area (Å²) in [5, 5.41) is 19.9. The zero-order valence-electron chi connectivity index (χ0n) is 24.0. The molecule has 16 nitrogen and oxygen atoms in total. The van der Waals surface area contributed by atoms with Crippen LogP contribution in [0.3, 0.4) is 0 Å². The number of rotatable bonds is 7. The molecular weight excluding hydrogens is 756 g/mol. The molecule has 4 aromatic carbocycles. The summed E-state index contributed by atoms with van der Waals surface area (Å²) in [4.78, 5) is 8.43. The summed E-state index contributed by atoms with van der Waals surface area (Å²) in [5.74, 6) is -1.41. The van der Waals surface area contributed by atoms with Gasteiger partial charge in [0.05, 0.1) is 26.1 Å². The average Bonchev–Trinajstić information content (AvgIpc) is 2.89. The van der Waals surface area contributed by atoms with Crippen molar-refractivity contribution >= 4 is 98.1 Å². The summed E-state index contributed by atoms with van der Waals surface area (Å²) in [6, 6.07) is 9.81. The number of aromatic hydroxyl groups is 1. The molecule has 0 unspecified atom stereocenters. The molecule has 0 spiro atoms. The summed E-state index contributed by atoms with van der Waals surface area (Å²) in [5.41, 5.74) is -1.40. The van der Waals surface area contributed by atoms with E-state index in [1.54, 1.807) is 0 Å². The fraction of sp³-hybridized carbons (Fsp3) is 0. The third-order valence-electron chi connectivity index (χ3n) is 5.90. The molecule has 228 valence electrons. The first-order valence-electron chi connectivity index (χ1n) is 11.4. The van der Waals surface area contributed by atoms with Crippen LogP contribution in [0.25, 0.3) is 21.5 Å². The molecule has 2 N–H and O–H groups in total. The number of anilines is 2. The van der Waals surface area contributed by atoms with E-state index in [0.29, 0.717) is 12.1 Å². The first-order valence-corrected chi connectivity index (χ1v) is 16.4. The molecule has 0 fully saturated rings. The fourth-order valence-corrected chi connectivity index (χ4v) is 6.38. The van der Waals surface area contributed by atoms with Crippen LogP contribution >= 0.6 is 23.2 Å². The maximum absolute atomic E-state index is 12.2. The molecule has 0 atom stereocenters. The molecule has 5 rings (SSSR count). The van der Waals surface area contributed by atoms with E-state index in [1.165, 1.54) is 24.3 Å². The van der Waals surface area contributed by atoms with Crippen LogP contribution in [0.5, 0.6) is 5.75 Å². The van der Waals surface area contributed by atoms with Gasteiger partial charge in [0.1, 0.15) is 36.0 Å². The van der Waals surface area contributed by atoms with Gasteiger partial charge in [0.15, 0.2) is 5.75 Å². The zero-order chi connectivity index (χ0) is 32.2. The Labute approximate surface area is 342 Å². The van der Waals surface area contributed by atoms with E-state index in [9.17, 15) is 44.0 Å². The van der Waals surface area contributed by atoms with Crippen LogP contribution in [0.1, 0.15) is 0 Å². The van der Waals surface area contributed by atoms with Crippen LogP contribution in [0.2, 0.25) is 10.6 Å². The molecule has 0 radical (unpaired) electrons. The van der Waals surface area contributed by atoms with Crippen molar-refractivity contribution in [1.29, 1.82) is 0 Å². The van der Waals surface area contributed by atoms with Gasteiger partial charge in [0.25, 0.3) is 0 Å². The largest absolute Gasteiger partial charge is 1.00 e. The van der Waals surface area contributed by atoms with Crippen LogP contribution in [-0.2, 0) is 30.4 Å². The normalized spacial score (nSPS) is 11.9. The van der Waals surface area contributed by atoms with Gasteiger partial charge in [0.2, 0.25) is 16.5 Å². The predicted molar refractivity (Wildman–Crippen MR) is 151 cm³/mol. The molecule has 1 aromatic heterocycles. The topological polar surface area (TPSA) is 267 Å². The third-order valence-corrected chi connectivity index (χ3v) is 8.79. The van der Waals surface area contributed by atoms with E-state index >= 15 is 0 Å². The molecule has 47 heavy (non-hydrogen) atoms. The van der Waals surface area contributed by atoms with Gasteiger partial charge >= 0.3 is 88.7 Å². The first-order chi connectivity index (χ1) is 20.4. The number of benzene rings is 4. The molecule has 0 aliphatic carbocycles. The second-order valence-corrected chi connectivity index (χ2v) is 13.4. The van der Waals surface area contributed by atoms with Gasteiger partial charge in [-0.3, -0.25) is 0 Å². The van der Waals surface area contributed by atoms with Gasteiger partial charge in [-0.05, 0) is 58.9 Å². The van der Waals surface area contributed by atoms with Crippen molar-refractivity contribution < 1.29 is 133 Å². The number of nitrogens with one attached hydrogen (secondary N) is 1. The summed E-state index contributed by atoms with van der Waals surface area (Å²) in [6.07, 6.45) is 0. The monoisotopic (exact) mass is 766 g/mol. The van der Waals surface area contributed by atoms with Crippen molar-refractivity contribution in [2.45, 2.75) is 14.7 Å². The number of phenols is 1. The number of nitrogens with zero attached hydrogens (tertiary/aromatic N) is 5. The minimum absolute atomic E-state index is 0. The van der Waals surface area contributed by atoms with Gasteiger partial charge in [-0.25, -0.2) is 25.3 Å². The number of phenolic OH excluding ortho intramolecular Hbond substituents is 1. The van der Waals surface area contributed by atoms with Crippen molar-refractivity contribution in [2.75, 3.05) is 5.32 Å². The Morgan fingerprint density at radius 3 is 1.83 bits per heavy atom. The van der Waals surface area contributed by atoms with Gasteiger partial charge in [-0.2, -0.15) is 15.0 Å².